The van der Waals surface area contributed by atoms with Crippen molar-refractivity contribution in [2.24, 2.45) is 0 Å². The third-order valence-electron chi connectivity index (χ3n) is 1.95. The SMILES string of the molecule is Clc1ccc(C=Cc2ccnnc2)cc1. The van der Waals surface area contributed by atoms with Gasteiger partial charge in [-0.05, 0) is 29.3 Å². The zero-order valence-corrected chi connectivity index (χ0v) is 8.72. The van der Waals surface area contributed by atoms with E-state index >= 15 is 0 Å². The van der Waals surface area contributed by atoms with Crippen LogP contribution in [0, 0.1) is 0 Å². The van der Waals surface area contributed by atoms with Gasteiger partial charge < -0.3 is 0 Å². The van der Waals surface area contributed by atoms with Crippen LogP contribution in [0.4, 0.5) is 0 Å². The third kappa shape index (κ3) is 2.89. The van der Waals surface area contributed by atoms with Crippen molar-refractivity contribution < 1.29 is 0 Å². The molecule has 2 aromatic rings. The minimum atomic E-state index is 0.748. The molecule has 15 heavy (non-hydrogen) atoms. The van der Waals surface area contributed by atoms with Crippen molar-refractivity contribution in [1.82, 2.24) is 10.2 Å². The Kier molecular flexibility index (Phi) is 3.10. The molecule has 0 aliphatic heterocycles. The molecule has 0 N–H and O–H groups in total. The Morgan fingerprint density at radius 3 is 2.27 bits per heavy atom. The number of hydrogen-bond acceptors (Lipinski definition) is 2. The fraction of sp³-hybridized carbons (Fsp3) is 0. The van der Waals surface area contributed by atoms with Gasteiger partial charge in [-0.2, -0.15) is 10.2 Å². The number of halogens is 1. The zero-order chi connectivity index (χ0) is 10.5. The number of nitrogens with zero attached hydrogens (tertiary/aromatic N) is 2. The number of rotatable bonds is 2. The predicted molar refractivity (Wildman–Crippen MR) is 62.4 cm³/mol. The lowest BCUT2D eigenvalue weighted by Gasteiger charge is -1.93. The van der Waals surface area contributed by atoms with E-state index in [4.69, 9.17) is 11.6 Å². The van der Waals surface area contributed by atoms with Gasteiger partial charge in [0.1, 0.15) is 0 Å². The highest BCUT2D eigenvalue weighted by Gasteiger charge is 1.88. The molecule has 0 unspecified atom stereocenters. The number of hydrogen-bond donors (Lipinski definition) is 0. The average molecular weight is 217 g/mol. The van der Waals surface area contributed by atoms with Gasteiger partial charge in [-0.15, -0.1) is 0 Å². The molecular weight excluding hydrogens is 208 g/mol. The molecule has 0 aliphatic rings. The fourth-order valence-corrected chi connectivity index (χ4v) is 1.29. The first-order chi connectivity index (χ1) is 7.34. The highest BCUT2D eigenvalue weighted by Crippen LogP contribution is 2.11. The third-order valence-corrected chi connectivity index (χ3v) is 2.20. The van der Waals surface area contributed by atoms with E-state index in [0.717, 1.165) is 16.1 Å². The molecule has 3 heteroatoms. The molecule has 0 atom stereocenters. The maximum Gasteiger partial charge on any atom is 0.0568 e. The highest BCUT2D eigenvalue weighted by atomic mass is 35.5. The Hall–Kier alpha value is -1.67. The molecule has 0 saturated carbocycles. The largest absolute Gasteiger partial charge is 0.159 e. The van der Waals surface area contributed by atoms with Crippen LogP contribution in [0.1, 0.15) is 11.1 Å². The molecule has 0 amide bonds. The number of benzene rings is 1. The van der Waals surface area contributed by atoms with Gasteiger partial charge in [0.25, 0.3) is 0 Å². The van der Waals surface area contributed by atoms with Crippen molar-refractivity contribution in [1.29, 1.82) is 0 Å². The van der Waals surface area contributed by atoms with Crippen molar-refractivity contribution in [2.75, 3.05) is 0 Å². The number of aromatic nitrogens is 2. The first-order valence-corrected chi connectivity index (χ1v) is 4.93. The normalized spacial score (nSPS) is 10.7. The lowest BCUT2D eigenvalue weighted by Crippen LogP contribution is -1.78. The molecule has 0 bridgehead atoms. The van der Waals surface area contributed by atoms with Crippen molar-refractivity contribution in [3.05, 3.63) is 58.9 Å². The van der Waals surface area contributed by atoms with E-state index < -0.39 is 0 Å². The van der Waals surface area contributed by atoms with Gasteiger partial charge in [-0.3, -0.25) is 0 Å². The summed E-state index contributed by atoms with van der Waals surface area (Å²) < 4.78 is 0. The molecule has 74 valence electrons. The topological polar surface area (TPSA) is 25.8 Å². The van der Waals surface area contributed by atoms with Crippen LogP contribution >= 0.6 is 11.6 Å². The van der Waals surface area contributed by atoms with Crippen LogP contribution < -0.4 is 0 Å². The molecule has 2 nitrogen and oxygen atoms in total. The summed E-state index contributed by atoms with van der Waals surface area (Å²) in [5, 5.41) is 8.25. The summed E-state index contributed by atoms with van der Waals surface area (Å²) in [6.45, 7) is 0. The van der Waals surface area contributed by atoms with Crippen LogP contribution in [-0.4, -0.2) is 10.2 Å². The zero-order valence-electron chi connectivity index (χ0n) is 7.97. The lowest BCUT2D eigenvalue weighted by atomic mass is 10.2. The second-order valence-corrected chi connectivity index (χ2v) is 3.50. The van der Waals surface area contributed by atoms with Gasteiger partial charge >= 0.3 is 0 Å². The van der Waals surface area contributed by atoms with E-state index in [9.17, 15) is 0 Å². The summed E-state index contributed by atoms with van der Waals surface area (Å²) in [6.07, 6.45) is 7.37. The van der Waals surface area contributed by atoms with E-state index in [1.165, 1.54) is 0 Å². The average Bonchev–Trinajstić information content (AvgIpc) is 2.30. The van der Waals surface area contributed by atoms with Crippen molar-refractivity contribution in [2.45, 2.75) is 0 Å². The monoisotopic (exact) mass is 216 g/mol. The van der Waals surface area contributed by atoms with E-state index in [1.807, 2.05) is 42.5 Å². The van der Waals surface area contributed by atoms with Crippen LogP contribution in [-0.2, 0) is 0 Å². The second kappa shape index (κ2) is 4.71. The second-order valence-electron chi connectivity index (χ2n) is 3.06. The minimum absolute atomic E-state index is 0.748. The summed E-state index contributed by atoms with van der Waals surface area (Å²) in [7, 11) is 0. The molecule has 2 rings (SSSR count). The maximum atomic E-state index is 5.79. The van der Waals surface area contributed by atoms with Crippen LogP contribution in [0.3, 0.4) is 0 Å². The van der Waals surface area contributed by atoms with Crippen LogP contribution in [0.25, 0.3) is 12.2 Å². The Morgan fingerprint density at radius 1 is 0.867 bits per heavy atom. The molecule has 0 aliphatic carbocycles. The fourth-order valence-electron chi connectivity index (χ4n) is 1.17. The summed E-state index contributed by atoms with van der Waals surface area (Å²) in [5.41, 5.74) is 2.14. The standard InChI is InChI=1S/C12H9ClN2/c13-12-5-3-10(4-6-12)1-2-11-7-8-14-15-9-11/h1-9H. The summed E-state index contributed by atoms with van der Waals surface area (Å²) in [5.74, 6) is 0. The summed E-state index contributed by atoms with van der Waals surface area (Å²) in [4.78, 5) is 0. The Morgan fingerprint density at radius 2 is 1.60 bits per heavy atom. The molecule has 0 radical (unpaired) electrons. The Balaban J connectivity index is 2.15. The van der Waals surface area contributed by atoms with Gasteiger partial charge in [0, 0.05) is 5.02 Å². The van der Waals surface area contributed by atoms with Gasteiger partial charge in [0.15, 0.2) is 0 Å². The van der Waals surface area contributed by atoms with Gasteiger partial charge in [-0.25, -0.2) is 0 Å². The van der Waals surface area contributed by atoms with E-state index in [2.05, 4.69) is 10.2 Å². The quantitative estimate of drug-likeness (QED) is 0.770. The van der Waals surface area contributed by atoms with Crippen molar-refractivity contribution in [3.8, 4) is 0 Å². The van der Waals surface area contributed by atoms with Gasteiger partial charge in [0.2, 0.25) is 0 Å². The molecular formula is C12H9ClN2. The van der Waals surface area contributed by atoms with E-state index in [1.54, 1.807) is 12.4 Å². The van der Waals surface area contributed by atoms with Crippen molar-refractivity contribution >= 4 is 23.8 Å². The molecule has 0 fully saturated rings. The molecule has 1 heterocycles. The smallest absolute Gasteiger partial charge is 0.0568 e. The molecule has 1 aromatic carbocycles. The molecule has 1 aromatic heterocycles. The first kappa shape index (κ1) is 9.87. The highest BCUT2D eigenvalue weighted by molar-refractivity contribution is 6.30. The first-order valence-electron chi connectivity index (χ1n) is 4.55. The van der Waals surface area contributed by atoms with Gasteiger partial charge in [-0.1, -0.05) is 35.9 Å². The Bertz CT molecular complexity index is 449. The maximum absolute atomic E-state index is 5.79. The predicted octanol–water partition coefficient (Wildman–Crippen LogP) is 3.30. The van der Waals surface area contributed by atoms with Crippen LogP contribution in [0.15, 0.2) is 42.7 Å². The summed E-state index contributed by atoms with van der Waals surface area (Å²) in [6, 6.07) is 9.57. The van der Waals surface area contributed by atoms with Gasteiger partial charge in [0.05, 0.1) is 12.4 Å². The van der Waals surface area contributed by atoms with Crippen LogP contribution in [0.2, 0.25) is 5.02 Å². The summed E-state index contributed by atoms with van der Waals surface area (Å²) >= 11 is 5.79. The Labute approximate surface area is 93.2 Å². The van der Waals surface area contributed by atoms with Crippen molar-refractivity contribution in [3.63, 3.8) is 0 Å². The van der Waals surface area contributed by atoms with E-state index in [0.29, 0.717) is 0 Å². The molecule has 0 saturated heterocycles. The molecule has 0 spiro atoms. The lowest BCUT2D eigenvalue weighted by molar-refractivity contribution is 1.03. The van der Waals surface area contributed by atoms with E-state index in [-0.39, 0.29) is 0 Å². The van der Waals surface area contributed by atoms with Crippen LogP contribution in [0.5, 0.6) is 0 Å². The minimum Gasteiger partial charge on any atom is -0.159 e.